The van der Waals surface area contributed by atoms with Crippen LogP contribution in [0.4, 0.5) is 0 Å². The minimum absolute atomic E-state index is 0.0161. The van der Waals surface area contributed by atoms with E-state index in [1.54, 1.807) is 28.9 Å². The number of fused-ring (bicyclic) bond motifs is 1. The molecule has 4 rings (SSSR count). The number of rotatable bonds is 3. The zero-order valence-corrected chi connectivity index (χ0v) is 15.6. The molecule has 0 aromatic carbocycles. The lowest BCUT2D eigenvalue weighted by molar-refractivity contribution is 0.0694. The molecule has 0 bridgehead atoms. The van der Waals surface area contributed by atoms with Crippen molar-refractivity contribution in [2.45, 2.75) is 17.5 Å². The van der Waals surface area contributed by atoms with E-state index in [0.717, 1.165) is 18.0 Å². The van der Waals surface area contributed by atoms with Crippen molar-refractivity contribution in [1.29, 1.82) is 0 Å². The van der Waals surface area contributed by atoms with Gasteiger partial charge in [-0.3, -0.25) is 4.79 Å². The van der Waals surface area contributed by atoms with Crippen molar-refractivity contribution >= 4 is 40.3 Å². The number of hydrogen-bond donors (Lipinski definition) is 0. The van der Waals surface area contributed by atoms with Gasteiger partial charge in [-0.05, 0) is 53.3 Å². The molecule has 3 aromatic rings. The molecule has 1 amide bonds. The first-order valence-corrected chi connectivity index (χ1v) is 10.7. The molecule has 6 heteroatoms. The van der Waals surface area contributed by atoms with Crippen LogP contribution in [0, 0.1) is 0 Å². The van der Waals surface area contributed by atoms with E-state index >= 15 is 0 Å². The van der Waals surface area contributed by atoms with Gasteiger partial charge in [0.15, 0.2) is 0 Å². The molecule has 1 unspecified atom stereocenters. The van der Waals surface area contributed by atoms with Gasteiger partial charge in [0, 0.05) is 22.5 Å². The monoisotopic (exact) mass is 372 g/mol. The molecule has 3 aromatic heterocycles. The molecule has 0 saturated carbocycles. The molecule has 1 aliphatic rings. The maximum atomic E-state index is 13.3. The molecule has 0 N–H and O–H groups in total. The Bertz CT molecular complexity index is 857. The fraction of sp³-hybridized carbons (Fsp3) is 0.222. The average molecular weight is 373 g/mol. The molecular formula is C18H16N2OS3. The number of pyridine rings is 1. The first-order chi connectivity index (χ1) is 11.8. The largest absolute Gasteiger partial charge is 0.326 e. The second-order valence-electron chi connectivity index (χ2n) is 5.53. The van der Waals surface area contributed by atoms with Crippen LogP contribution in [-0.4, -0.2) is 28.6 Å². The predicted octanol–water partition coefficient (Wildman–Crippen LogP) is 4.71. The van der Waals surface area contributed by atoms with Gasteiger partial charge in [0.05, 0.1) is 11.6 Å². The van der Waals surface area contributed by atoms with Gasteiger partial charge in [-0.15, -0.1) is 34.4 Å². The Morgan fingerprint density at radius 1 is 1.25 bits per heavy atom. The van der Waals surface area contributed by atoms with E-state index in [4.69, 9.17) is 0 Å². The van der Waals surface area contributed by atoms with Gasteiger partial charge in [-0.25, -0.2) is 4.98 Å². The molecule has 0 aliphatic carbocycles. The summed E-state index contributed by atoms with van der Waals surface area (Å²) in [6.07, 6.45) is 4.63. The summed E-state index contributed by atoms with van der Waals surface area (Å²) in [5.41, 5.74) is 1.97. The van der Waals surface area contributed by atoms with Gasteiger partial charge in [0.25, 0.3) is 5.91 Å². The molecule has 1 atom stereocenters. The minimum Gasteiger partial charge on any atom is -0.326 e. The third-order valence-corrected chi connectivity index (χ3v) is 6.87. The van der Waals surface area contributed by atoms with Gasteiger partial charge in [0.1, 0.15) is 5.03 Å². The summed E-state index contributed by atoms with van der Waals surface area (Å²) >= 11 is 5.03. The van der Waals surface area contributed by atoms with Crippen LogP contribution in [0.5, 0.6) is 0 Å². The lowest BCUT2D eigenvalue weighted by Crippen LogP contribution is -2.40. The lowest BCUT2D eigenvalue weighted by Gasteiger charge is -2.35. The van der Waals surface area contributed by atoms with Crippen LogP contribution in [0.25, 0.3) is 0 Å². The molecule has 122 valence electrons. The third-order valence-electron chi connectivity index (χ3n) is 4.23. The van der Waals surface area contributed by atoms with Crippen LogP contribution < -0.4 is 0 Å². The molecule has 1 aliphatic heterocycles. The third kappa shape index (κ3) is 2.68. The van der Waals surface area contributed by atoms with Crippen LogP contribution >= 0.6 is 34.4 Å². The van der Waals surface area contributed by atoms with Crippen LogP contribution in [-0.2, 0) is 6.42 Å². The molecule has 0 saturated heterocycles. The van der Waals surface area contributed by atoms with Crippen molar-refractivity contribution in [3.05, 3.63) is 68.2 Å². The van der Waals surface area contributed by atoms with E-state index in [9.17, 15) is 4.79 Å². The maximum Gasteiger partial charge on any atom is 0.257 e. The number of carbonyl (C=O) groups is 1. The highest BCUT2D eigenvalue weighted by molar-refractivity contribution is 7.98. The first-order valence-electron chi connectivity index (χ1n) is 7.69. The molecule has 0 spiro atoms. The van der Waals surface area contributed by atoms with Crippen molar-refractivity contribution in [2.75, 3.05) is 12.8 Å². The van der Waals surface area contributed by atoms with Crippen LogP contribution in [0.2, 0.25) is 0 Å². The zero-order chi connectivity index (χ0) is 16.5. The van der Waals surface area contributed by atoms with Gasteiger partial charge in [-0.2, -0.15) is 0 Å². The summed E-state index contributed by atoms with van der Waals surface area (Å²) in [5, 5.41) is 5.01. The highest BCUT2D eigenvalue weighted by Crippen LogP contribution is 2.40. The van der Waals surface area contributed by atoms with Gasteiger partial charge >= 0.3 is 0 Å². The summed E-state index contributed by atoms with van der Waals surface area (Å²) in [4.78, 5) is 22.3. The Hall–Kier alpha value is -1.63. The van der Waals surface area contributed by atoms with Crippen LogP contribution in [0.3, 0.4) is 0 Å². The van der Waals surface area contributed by atoms with E-state index in [1.807, 2.05) is 23.3 Å². The smallest absolute Gasteiger partial charge is 0.257 e. The fourth-order valence-electron chi connectivity index (χ4n) is 3.16. The van der Waals surface area contributed by atoms with E-state index < -0.39 is 0 Å². The Morgan fingerprint density at radius 3 is 2.96 bits per heavy atom. The summed E-state index contributed by atoms with van der Waals surface area (Å²) < 4.78 is 0. The molecule has 4 heterocycles. The number of aromatic nitrogens is 1. The van der Waals surface area contributed by atoms with Gasteiger partial charge in [0.2, 0.25) is 0 Å². The summed E-state index contributed by atoms with van der Waals surface area (Å²) in [6.45, 7) is 0.748. The lowest BCUT2D eigenvalue weighted by atomic mass is 9.97. The highest BCUT2D eigenvalue weighted by Gasteiger charge is 2.34. The summed E-state index contributed by atoms with van der Waals surface area (Å²) in [6, 6.07) is 10.1. The zero-order valence-electron chi connectivity index (χ0n) is 13.1. The minimum atomic E-state index is 0.0161. The van der Waals surface area contributed by atoms with E-state index in [2.05, 4.69) is 33.9 Å². The van der Waals surface area contributed by atoms with Crippen molar-refractivity contribution < 1.29 is 4.79 Å². The van der Waals surface area contributed by atoms with Crippen molar-refractivity contribution in [1.82, 2.24) is 9.88 Å². The fourth-order valence-corrected chi connectivity index (χ4v) is 5.46. The number of nitrogens with zero attached hydrogens (tertiary/aromatic N) is 2. The Kier molecular flexibility index (Phi) is 4.43. The molecule has 3 nitrogen and oxygen atoms in total. The van der Waals surface area contributed by atoms with Gasteiger partial charge in [-0.1, -0.05) is 6.07 Å². The highest BCUT2D eigenvalue weighted by atomic mass is 32.2. The summed E-state index contributed by atoms with van der Waals surface area (Å²) in [5.74, 6) is 0.0719. The standard InChI is InChI=1S/C18H16N2OS3/c1-22-17-13(4-2-8-19-17)18(21)20-9-6-14-12(7-11-24-14)16(20)15-5-3-10-23-15/h2-5,7-8,10-11,16H,6,9H2,1H3. The number of amides is 1. The number of carbonyl (C=O) groups excluding carboxylic acids is 1. The number of hydrogen-bond acceptors (Lipinski definition) is 5. The van der Waals surface area contributed by atoms with E-state index in [0.29, 0.717) is 5.56 Å². The Morgan fingerprint density at radius 2 is 2.17 bits per heavy atom. The quantitative estimate of drug-likeness (QED) is 0.624. The van der Waals surface area contributed by atoms with Gasteiger partial charge < -0.3 is 4.90 Å². The Balaban J connectivity index is 1.78. The molecule has 0 fully saturated rings. The average Bonchev–Trinajstić information content (AvgIpc) is 3.31. The second kappa shape index (κ2) is 6.70. The summed E-state index contributed by atoms with van der Waals surface area (Å²) in [7, 11) is 0. The molecule has 24 heavy (non-hydrogen) atoms. The van der Waals surface area contributed by atoms with E-state index in [-0.39, 0.29) is 11.9 Å². The SMILES string of the molecule is CSc1ncccc1C(=O)N1CCc2sccc2C1c1cccs1. The normalized spacial score (nSPS) is 16.9. The van der Waals surface area contributed by atoms with Crippen molar-refractivity contribution in [2.24, 2.45) is 0 Å². The maximum absolute atomic E-state index is 13.3. The van der Waals surface area contributed by atoms with Crippen LogP contribution in [0.15, 0.2) is 52.3 Å². The van der Waals surface area contributed by atoms with Crippen LogP contribution in [0.1, 0.15) is 31.7 Å². The van der Waals surface area contributed by atoms with Crippen molar-refractivity contribution in [3.63, 3.8) is 0 Å². The Labute approximate surface area is 153 Å². The topological polar surface area (TPSA) is 33.2 Å². The number of thiophene rings is 2. The predicted molar refractivity (Wildman–Crippen MR) is 101 cm³/mol. The second-order valence-corrected chi connectivity index (χ2v) is 8.30. The van der Waals surface area contributed by atoms with E-state index in [1.165, 1.54) is 27.1 Å². The van der Waals surface area contributed by atoms with Crippen molar-refractivity contribution in [3.8, 4) is 0 Å². The number of thioether (sulfide) groups is 1. The molecular weight excluding hydrogens is 356 g/mol. The molecule has 0 radical (unpaired) electrons. The first kappa shape index (κ1) is 15.9.